The van der Waals surface area contributed by atoms with Crippen LogP contribution in [-0.4, -0.2) is 23.3 Å². The van der Waals surface area contributed by atoms with Gasteiger partial charge in [0.05, 0.1) is 7.11 Å². The zero-order chi connectivity index (χ0) is 11.4. The summed E-state index contributed by atoms with van der Waals surface area (Å²) in [6.45, 7) is 13.0. The minimum Gasteiger partial charge on any atom is -0.301 e. The van der Waals surface area contributed by atoms with Crippen LogP contribution in [0.4, 0.5) is 0 Å². The molecule has 2 heteroatoms. The first-order chi connectivity index (χ1) is 6.40. The second kappa shape index (κ2) is 5.13. The summed E-state index contributed by atoms with van der Waals surface area (Å²) in [5, 5.41) is 2.14. The van der Waals surface area contributed by atoms with E-state index in [1.807, 2.05) is 13.8 Å². The number of hydrogen-bond donors (Lipinski definition) is 0. The van der Waals surface area contributed by atoms with Crippen LogP contribution in [0.25, 0.3) is 0 Å². The van der Waals surface area contributed by atoms with Crippen molar-refractivity contribution >= 4 is 0 Å². The largest absolute Gasteiger partial charge is 0.301 e. The minimum absolute atomic E-state index is 0.191. The third kappa shape index (κ3) is 2.96. The van der Waals surface area contributed by atoms with Crippen LogP contribution in [0.2, 0.25) is 0 Å². The van der Waals surface area contributed by atoms with E-state index < -0.39 is 0 Å². The number of hydroxylamine groups is 2. The Hall–Kier alpha value is -0.0800. The predicted molar refractivity (Wildman–Crippen MR) is 62.2 cm³/mol. The lowest BCUT2D eigenvalue weighted by molar-refractivity contribution is -0.263. The first kappa shape index (κ1) is 13.9. The molecule has 0 aromatic rings. The maximum atomic E-state index is 5.46. The predicted octanol–water partition coefficient (Wildman–Crippen LogP) is 3.62. The molecular formula is C12H27NO. The van der Waals surface area contributed by atoms with Crippen molar-refractivity contribution in [2.24, 2.45) is 0 Å². The third-order valence-corrected chi connectivity index (χ3v) is 2.86. The summed E-state index contributed by atoms with van der Waals surface area (Å²) in [6, 6.07) is 0. The molecule has 1 rings (SSSR count). The van der Waals surface area contributed by atoms with Gasteiger partial charge in [-0.05, 0) is 47.0 Å². The molecule has 1 heterocycles. The van der Waals surface area contributed by atoms with Gasteiger partial charge in [0.25, 0.3) is 0 Å². The monoisotopic (exact) mass is 201 g/mol. The van der Waals surface area contributed by atoms with Crippen LogP contribution in [0.15, 0.2) is 0 Å². The summed E-state index contributed by atoms with van der Waals surface area (Å²) in [5.41, 5.74) is 0.382. The van der Waals surface area contributed by atoms with E-state index in [1.165, 1.54) is 19.3 Å². The number of rotatable bonds is 1. The van der Waals surface area contributed by atoms with Crippen molar-refractivity contribution in [3.05, 3.63) is 0 Å². The van der Waals surface area contributed by atoms with E-state index in [0.29, 0.717) is 0 Å². The fraction of sp³-hybridized carbons (Fsp3) is 1.00. The van der Waals surface area contributed by atoms with Crippen LogP contribution in [-0.2, 0) is 4.84 Å². The Balaban J connectivity index is 0.000000791. The molecule has 0 spiro atoms. The van der Waals surface area contributed by atoms with Crippen molar-refractivity contribution < 1.29 is 4.84 Å². The third-order valence-electron chi connectivity index (χ3n) is 2.86. The van der Waals surface area contributed by atoms with Crippen LogP contribution in [0.1, 0.15) is 60.8 Å². The molecule has 0 radical (unpaired) electrons. The quantitative estimate of drug-likeness (QED) is 0.642. The molecular weight excluding hydrogens is 174 g/mol. The smallest absolute Gasteiger partial charge is 0.0575 e. The van der Waals surface area contributed by atoms with Crippen LogP contribution >= 0.6 is 0 Å². The van der Waals surface area contributed by atoms with Gasteiger partial charge >= 0.3 is 0 Å². The minimum atomic E-state index is 0.191. The molecule has 2 nitrogen and oxygen atoms in total. The fourth-order valence-electron chi connectivity index (χ4n) is 2.47. The van der Waals surface area contributed by atoms with E-state index in [9.17, 15) is 0 Å². The normalized spacial score (nSPS) is 25.1. The summed E-state index contributed by atoms with van der Waals surface area (Å²) in [7, 11) is 1.77. The number of hydrogen-bond acceptors (Lipinski definition) is 2. The lowest BCUT2D eigenvalue weighted by Gasteiger charge is -2.50. The molecule has 86 valence electrons. The molecule has 0 N–H and O–H groups in total. The summed E-state index contributed by atoms with van der Waals surface area (Å²) in [5.74, 6) is 0. The lowest BCUT2D eigenvalue weighted by Crippen LogP contribution is -2.57. The molecule has 1 saturated heterocycles. The molecule has 0 aromatic heterocycles. The van der Waals surface area contributed by atoms with Crippen molar-refractivity contribution in [3.63, 3.8) is 0 Å². The van der Waals surface area contributed by atoms with Gasteiger partial charge in [0, 0.05) is 11.1 Å². The summed E-state index contributed by atoms with van der Waals surface area (Å²) < 4.78 is 0. The molecule has 1 fully saturated rings. The van der Waals surface area contributed by atoms with Crippen LogP contribution in [0, 0.1) is 0 Å². The first-order valence-corrected chi connectivity index (χ1v) is 5.75. The van der Waals surface area contributed by atoms with Gasteiger partial charge in [-0.25, -0.2) is 0 Å². The molecule has 0 amide bonds. The SMILES string of the molecule is CC.CON1C(C)(C)CCCC1(C)C. The highest BCUT2D eigenvalue weighted by molar-refractivity contribution is 4.92. The second-order valence-corrected chi connectivity index (χ2v) is 4.96. The van der Waals surface area contributed by atoms with Gasteiger partial charge in [0.1, 0.15) is 0 Å². The van der Waals surface area contributed by atoms with Gasteiger partial charge in [-0.2, -0.15) is 5.06 Å². The number of nitrogens with zero attached hydrogens (tertiary/aromatic N) is 1. The first-order valence-electron chi connectivity index (χ1n) is 5.75. The molecule has 1 aliphatic heterocycles. The molecule has 0 atom stereocenters. The van der Waals surface area contributed by atoms with Gasteiger partial charge in [0.2, 0.25) is 0 Å². The molecule has 0 unspecified atom stereocenters. The van der Waals surface area contributed by atoms with E-state index >= 15 is 0 Å². The summed E-state index contributed by atoms with van der Waals surface area (Å²) in [6.07, 6.45) is 3.76. The van der Waals surface area contributed by atoms with Gasteiger partial charge in [-0.1, -0.05) is 13.8 Å². The Morgan fingerprint density at radius 3 is 1.50 bits per heavy atom. The van der Waals surface area contributed by atoms with Crippen molar-refractivity contribution in [3.8, 4) is 0 Å². The zero-order valence-corrected chi connectivity index (χ0v) is 11.0. The number of piperidine rings is 1. The van der Waals surface area contributed by atoms with Crippen molar-refractivity contribution in [2.75, 3.05) is 7.11 Å². The van der Waals surface area contributed by atoms with E-state index in [4.69, 9.17) is 4.84 Å². The van der Waals surface area contributed by atoms with Crippen molar-refractivity contribution in [2.45, 2.75) is 71.9 Å². The molecule has 0 aliphatic carbocycles. The van der Waals surface area contributed by atoms with Gasteiger partial charge in [0.15, 0.2) is 0 Å². The summed E-state index contributed by atoms with van der Waals surface area (Å²) >= 11 is 0. The Kier molecular flexibility index (Phi) is 5.10. The highest BCUT2D eigenvalue weighted by Crippen LogP contribution is 2.37. The van der Waals surface area contributed by atoms with E-state index in [-0.39, 0.29) is 11.1 Å². The van der Waals surface area contributed by atoms with Crippen LogP contribution in [0.3, 0.4) is 0 Å². The highest BCUT2D eigenvalue weighted by Gasteiger charge is 2.41. The van der Waals surface area contributed by atoms with E-state index in [2.05, 4.69) is 32.8 Å². The molecule has 0 aromatic carbocycles. The standard InChI is InChI=1S/C10H21NO.C2H6/c1-9(2)7-6-8-10(3,4)11(9)12-5;1-2/h6-8H2,1-5H3;1-2H3. The maximum Gasteiger partial charge on any atom is 0.0575 e. The summed E-state index contributed by atoms with van der Waals surface area (Å²) in [4.78, 5) is 5.46. The van der Waals surface area contributed by atoms with E-state index in [1.54, 1.807) is 7.11 Å². The second-order valence-electron chi connectivity index (χ2n) is 4.96. The van der Waals surface area contributed by atoms with Crippen molar-refractivity contribution in [1.29, 1.82) is 0 Å². The van der Waals surface area contributed by atoms with Crippen molar-refractivity contribution in [1.82, 2.24) is 5.06 Å². The molecule has 1 aliphatic rings. The molecule has 14 heavy (non-hydrogen) atoms. The van der Waals surface area contributed by atoms with Crippen LogP contribution < -0.4 is 0 Å². The average molecular weight is 201 g/mol. The van der Waals surface area contributed by atoms with E-state index in [0.717, 1.165) is 0 Å². The van der Waals surface area contributed by atoms with Gasteiger partial charge in [-0.3, -0.25) is 0 Å². The average Bonchev–Trinajstić information content (AvgIpc) is 2.05. The maximum absolute atomic E-state index is 5.46. The Morgan fingerprint density at radius 1 is 0.929 bits per heavy atom. The van der Waals surface area contributed by atoms with Gasteiger partial charge in [-0.15, -0.1) is 0 Å². The Morgan fingerprint density at radius 2 is 1.29 bits per heavy atom. The molecule has 0 bridgehead atoms. The topological polar surface area (TPSA) is 12.5 Å². The zero-order valence-electron chi connectivity index (χ0n) is 11.0. The fourth-order valence-corrected chi connectivity index (χ4v) is 2.47. The lowest BCUT2D eigenvalue weighted by atomic mass is 9.82. The highest BCUT2D eigenvalue weighted by atomic mass is 16.7. The molecule has 0 saturated carbocycles. The van der Waals surface area contributed by atoms with Crippen LogP contribution in [0.5, 0.6) is 0 Å². The van der Waals surface area contributed by atoms with Gasteiger partial charge < -0.3 is 4.84 Å². The Labute approximate surface area is 89.6 Å². The Bertz CT molecular complexity index is 148.